The van der Waals surface area contributed by atoms with Gasteiger partial charge in [0.15, 0.2) is 0 Å². The lowest BCUT2D eigenvalue weighted by atomic mass is 10.5. The molecular weight excluding hydrogens is 138 g/mol. The number of aliphatic hydroxyl groups is 1. The Morgan fingerprint density at radius 1 is 1.78 bits per heavy atom. The zero-order valence-corrected chi connectivity index (χ0v) is 6.69. The molecule has 1 unspecified atom stereocenters. The lowest BCUT2D eigenvalue weighted by Gasteiger charge is -2.16. The zero-order chi connectivity index (χ0) is 6.57. The van der Waals surface area contributed by atoms with E-state index in [9.17, 15) is 0 Å². The van der Waals surface area contributed by atoms with Gasteiger partial charge in [-0.15, -0.1) is 19.0 Å². The third-order valence-electron chi connectivity index (χ3n) is 1.05. The van der Waals surface area contributed by atoms with Crippen molar-refractivity contribution < 1.29 is 5.11 Å². The molecule has 56 valence electrons. The first kappa shape index (κ1) is 11.7. The summed E-state index contributed by atoms with van der Waals surface area (Å²) in [7, 11) is 1.84. The minimum absolute atomic E-state index is 0. The molecule has 1 atom stereocenters. The summed E-state index contributed by atoms with van der Waals surface area (Å²) in [6.07, 6.45) is 1.39. The fraction of sp³-hybridized carbons (Fsp3) is 0.667. The van der Waals surface area contributed by atoms with Crippen LogP contribution in [-0.4, -0.2) is 29.8 Å². The molecule has 0 saturated carbocycles. The maximum atomic E-state index is 8.83. The Balaban J connectivity index is 0. The number of likely N-dealkylation sites (N-methyl/N-ethyl adjacent to an activating group) is 1. The van der Waals surface area contributed by atoms with E-state index in [4.69, 9.17) is 5.11 Å². The summed E-state index contributed by atoms with van der Waals surface area (Å²) in [6.45, 7) is 5.99. The molecule has 2 nitrogen and oxygen atoms in total. The van der Waals surface area contributed by atoms with Crippen molar-refractivity contribution in [3.8, 4) is 0 Å². The molecule has 0 aliphatic rings. The first-order chi connectivity index (χ1) is 3.68. The van der Waals surface area contributed by atoms with Crippen molar-refractivity contribution in [2.45, 2.75) is 13.2 Å². The van der Waals surface area contributed by atoms with E-state index in [1.165, 1.54) is 0 Å². The van der Waals surface area contributed by atoms with Gasteiger partial charge in [0.05, 0.1) is 0 Å². The summed E-state index contributed by atoms with van der Waals surface area (Å²) < 4.78 is 0. The predicted octanol–water partition coefficient (Wildman–Crippen LogP) is 0.864. The average Bonchev–Trinajstić information content (AvgIpc) is 1.67. The second-order valence-electron chi connectivity index (χ2n) is 1.86. The molecule has 0 bridgehead atoms. The Morgan fingerprint density at radius 2 is 2.22 bits per heavy atom. The Bertz CT molecular complexity index is 75.5. The highest BCUT2D eigenvalue weighted by molar-refractivity contribution is 5.85. The molecule has 3 heteroatoms. The summed E-state index contributed by atoms with van der Waals surface area (Å²) in [5, 5.41) is 8.83. The first-order valence-corrected chi connectivity index (χ1v) is 2.67. The molecule has 0 radical (unpaired) electrons. The van der Waals surface area contributed by atoms with Crippen LogP contribution in [0.25, 0.3) is 0 Å². The molecule has 0 fully saturated rings. The molecule has 0 spiro atoms. The molecule has 0 aromatic carbocycles. The van der Waals surface area contributed by atoms with Crippen LogP contribution in [0.4, 0.5) is 0 Å². The summed E-state index contributed by atoms with van der Waals surface area (Å²) >= 11 is 0. The summed E-state index contributed by atoms with van der Waals surface area (Å²) in [4.78, 5) is 1.78. The van der Waals surface area contributed by atoms with Crippen molar-refractivity contribution in [1.82, 2.24) is 4.90 Å². The maximum absolute atomic E-state index is 8.83. The molecule has 0 aliphatic heterocycles. The molecule has 9 heavy (non-hydrogen) atoms. The van der Waals surface area contributed by atoms with Gasteiger partial charge in [0.1, 0.15) is 6.23 Å². The fourth-order valence-corrected chi connectivity index (χ4v) is 0.356. The topological polar surface area (TPSA) is 23.5 Å². The summed E-state index contributed by atoms with van der Waals surface area (Å²) in [6, 6.07) is 0. The van der Waals surface area contributed by atoms with E-state index in [2.05, 4.69) is 6.58 Å². The van der Waals surface area contributed by atoms with Crippen molar-refractivity contribution in [3.05, 3.63) is 12.7 Å². The third-order valence-corrected chi connectivity index (χ3v) is 1.05. The quantitative estimate of drug-likeness (QED) is 0.478. The minimum Gasteiger partial charge on any atom is -0.379 e. The molecule has 0 rings (SSSR count). The van der Waals surface area contributed by atoms with Crippen molar-refractivity contribution in [2.24, 2.45) is 0 Å². The van der Waals surface area contributed by atoms with E-state index in [1.54, 1.807) is 17.9 Å². The van der Waals surface area contributed by atoms with E-state index in [0.29, 0.717) is 0 Å². The van der Waals surface area contributed by atoms with E-state index >= 15 is 0 Å². The van der Waals surface area contributed by atoms with Crippen LogP contribution < -0.4 is 0 Å². The molecule has 0 saturated heterocycles. The Hall–Kier alpha value is -0.0500. The molecule has 0 aromatic rings. The van der Waals surface area contributed by atoms with Crippen LogP contribution >= 0.6 is 12.4 Å². The molecule has 0 aromatic heterocycles. The van der Waals surface area contributed by atoms with Crippen molar-refractivity contribution in [2.75, 3.05) is 13.6 Å². The highest BCUT2D eigenvalue weighted by Crippen LogP contribution is 1.87. The predicted molar refractivity (Wildman–Crippen MR) is 41.8 cm³/mol. The van der Waals surface area contributed by atoms with Gasteiger partial charge in [-0.1, -0.05) is 6.08 Å². The van der Waals surface area contributed by atoms with Gasteiger partial charge >= 0.3 is 0 Å². The van der Waals surface area contributed by atoms with Crippen molar-refractivity contribution in [3.63, 3.8) is 0 Å². The van der Waals surface area contributed by atoms with Gasteiger partial charge in [0, 0.05) is 6.54 Å². The third kappa shape index (κ3) is 5.83. The largest absolute Gasteiger partial charge is 0.379 e. The minimum atomic E-state index is -0.368. The highest BCUT2D eigenvalue weighted by Gasteiger charge is 1.98. The summed E-state index contributed by atoms with van der Waals surface area (Å²) in [5.74, 6) is 0. The number of hydrogen-bond donors (Lipinski definition) is 1. The molecule has 0 amide bonds. The highest BCUT2D eigenvalue weighted by atomic mass is 35.5. The van der Waals surface area contributed by atoms with Crippen LogP contribution in [0.1, 0.15) is 6.92 Å². The normalized spacial score (nSPS) is 12.4. The number of hydrogen-bond acceptors (Lipinski definition) is 2. The lowest BCUT2D eigenvalue weighted by Crippen LogP contribution is -2.28. The van der Waals surface area contributed by atoms with Gasteiger partial charge in [-0.05, 0) is 14.0 Å². The van der Waals surface area contributed by atoms with Gasteiger partial charge < -0.3 is 5.11 Å². The molecular formula is C6H14ClNO. The Labute approximate surface area is 62.6 Å². The maximum Gasteiger partial charge on any atom is 0.104 e. The SMILES string of the molecule is C=CCN(C)C(C)O.Cl. The summed E-state index contributed by atoms with van der Waals surface area (Å²) in [5.41, 5.74) is 0. The van der Waals surface area contributed by atoms with Gasteiger partial charge in [0.25, 0.3) is 0 Å². The van der Waals surface area contributed by atoms with Gasteiger partial charge in [-0.2, -0.15) is 0 Å². The average molecular weight is 152 g/mol. The van der Waals surface area contributed by atoms with Crippen LogP contribution in [0.15, 0.2) is 12.7 Å². The second-order valence-corrected chi connectivity index (χ2v) is 1.86. The fourth-order valence-electron chi connectivity index (χ4n) is 0.356. The van der Waals surface area contributed by atoms with Crippen LogP contribution in [-0.2, 0) is 0 Å². The number of nitrogens with zero attached hydrogens (tertiary/aromatic N) is 1. The molecule has 1 N–H and O–H groups in total. The Kier molecular flexibility index (Phi) is 7.91. The van der Waals surface area contributed by atoms with E-state index < -0.39 is 0 Å². The van der Waals surface area contributed by atoms with Gasteiger partial charge in [0.2, 0.25) is 0 Å². The Morgan fingerprint density at radius 3 is 2.33 bits per heavy atom. The first-order valence-electron chi connectivity index (χ1n) is 2.67. The van der Waals surface area contributed by atoms with Crippen LogP contribution in [0.2, 0.25) is 0 Å². The monoisotopic (exact) mass is 151 g/mol. The van der Waals surface area contributed by atoms with Gasteiger partial charge in [-0.25, -0.2) is 0 Å². The van der Waals surface area contributed by atoms with Crippen LogP contribution in [0.5, 0.6) is 0 Å². The van der Waals surface area contributed by atoms with Crippen molar-refractivity contribution >= 4 is 12.4 Å². The standard InChI is InChI=1S/C6H13NO.ClH/c1-4-5-7(3)6(2)8;/h4,6,8H,1,5H2,2-3H3;1H. The molecule has 0 heterocycles. The lowest BCUT2D eigenvalue weighted by molar-refractivity contribution is 0.0470. The van der Waals surface area contributed by atoms with Crippen molar-refractivity contribution in [1.29, 1.82) is 0 Å². The van der Waals surface area contributed by atoms with E-state index in [-0.39, 0.29) is 18.6 Å². The van der Waals surface area contributed by atoms with Gasteiger partial charge in [-0.3, -0.25) is 4.90 Å². The number of halogens is 1. The number of rotatable bonds is 3. The zero-order valence-electron chi connectivity index (χ0n) is 5.87. The second kappa shape index (κ2) is 6.08. The number of aliphatic hydroxyl groups excluding tert-OH is 1. The van der Waals surface area contributed by atoms with Crippen LogP contribution in [0.3, 0.4) is 0 Å². The molecule has 0 aliphatic carbocycles. The van der Waals surface area contributed by atoms with E-state index in [1.807, 2.05) is 7.05 Å². The van der Waals surface area contributed by atoms with Crippen LogP contribution in [0, 0.1) is 0 Å². The van der Waals surface area contributed by atoms with E-state index in [0.717, 1.165) is 6.54 Å². The smallest absolute Gasteiger partial charge is 0.104 e.